The molecule has 2 aromatic carbocycles. The lowest BCUT2D eigenvalue weighted by molar-refractivity contribution is 0.177. The van der Waals surface area contributed by atoms with E-state index < -0.39 is 0 Å². The number of benzene rings is 2. The number of hydrogen-bond donors (Lipinski definition) is 1. The third kappa shape index (κ3) is 5.50. The van der Waals surface area contributed by atoms with Crippen molar-refractivity contribution in [2.24, 2.45) is 0 Å². The summed E-state index contributed by atoms with van der Waals surface area (Å²) in [6, 6.07) is 15.4. The van der Waals surface area contributed by atoms with Crippen molar-refractivity contribution in [2.75, 3.05) is 31.5 Å². The Labute approximate surface area is 167 Å². The van der Waals surface area contributed by atoms with Crippen LogP contribution in [0.5, 0.6) is 0 Å². The minimum atomic E-state index is -0.170. The number of piperazine rings is 1. The molecule has 27 heavy (non-hydrogen) atoms. The molecule has 1 heterocycles. The van der Waals surface area contributed by atoms with Gasteiger partial charge in [-0.2, -0.15) is 0 Å². The SMILES string of the molecule is CCC(C)c1ccc(NC(=S)N2CCN(Cc3cccc(F)c3)CC2)cc1. The Morgan fingerprint density at radius 1 is 1.11 bits per heavy atom. The molecule has 1 fully saturated rings. The number of nitrogens with one attached hydrogen (secondary N) is 1. The van der Waals surface area contributed by atoms with Crippen molar-refractivity contribution >= 4 is 23.0 Å². The summed E-state index contributed by atoms with van der Waals surface area (Å²) in [5.41, 5.74) is 3.42. The van der Waals surface area contributed by atoms with Crippen molar-refractivity contribution < 1.29 is 4.39 Å². The van der Waals surface area contributed by atoms with Crippen molar-refractivity contribution in [3.05, 3.63) is 65.5 Å². The van der Waals surface area contributed by atoms with Gasteiger partial charge < -0.3 is 10.2 Å². The van der Waals surface area contributed by atoms with E-state index in [0.717, 1.165) is 55.5 Å². The quantitative estimate of drug-likeness (QED) is 0.741. The molecule has 1 atom stereocenters. The molecule has 1 aliphatic heterocycles. The second kappa shape index (κ2) is 9.29. The second-order valence-corrected chi connectivity index (χ2v) is 7.64. The molecule has 0 radical (unpaired) electrons. The van der Waals surface area contributed by atoms with Crippen LogP contribution in [0.4, 0.5) is 10.1 Å². The van der Waals surface area contributed by atoms with Crippen LogP contribution in [0.15, 0.2) is 48.5 Å². The van der Waals surface area contributed by atoms with Gasteiger partial charge in [0, 0.05) is 38.4 Å². The summed E-state index contributed by atoms with van der Waals surface area (Å²) in [5, 5.41) is 4.13. The fraction of sp³-hybridized carbons (Fsp3) is 0.409. The maximum Gasteiger partial charge on any atom is 0.173 e. The molecular weight excluding hydrogens is 357 g/mol. The van der Waals surface area contributed by atoms with Crippen LogP contribution in [0.2, 0.25) is 0 Å². The molecule has 1 aliphatic rings. The first-order valence-electron chi connectivity index (χ1n) is 9.68. The molecular formula is C22H28FN3S. The number of nitrogens with zero attached hydrogens (tertiary/aromatic N) is 2. The Balaban J connectivity index is 1.48. The van der Waals surface area contributed by atoms with E-state index in [2.05, 4.69) is 53.2 Å². The number of halogens is 1. The molecule has 5 heteroatoms. The van der Waals surface area contributed by atoms with Crippen molar-refractivity contribution in [3.63, 3.8) is 0 Å². The lowest BCUT2D eigenvalue weighted by atomic mass is 9.99. The average Bonchev–Trinajstić information content (AvgIpc) is 2.68. The molecule has 1 saturated heterocycles. The fourth-order valence-corrected chi connectivity index (χ4v) is 3.64. The summed E-state index contributed by atoms with van der Waals surface area (Å²) >= 11 is 5.60. The summed E-state index contributed by atoms with van der Waals surface area (Å²) in [4.78, 5) is 4.55. The third-order valence-corrected chi connectivity index (χ3v) is 5.66. The monoisotopic (exact) mass is 385 g/mol. The van der Waals surface area contributed by atoms with Crippen molar-refractivity contribution in [1.82, 2.24) is 9.80 Å². The molecule has 0 spiro atoms. The summed E-state index contributed by atoms with van der Waals surface area (Å²) in [6.07, 6.45) is 1.14. The minimum Gasteiger partial charge on any atom is -0.346 e. The predicted octanol–water partition coefficient (Wildman–Crippen LogP) is 4.85. The van der Waals surface area contributed by atoms with Crippen LogP contribution in [-0.2, 0) is 6.54 Å². The Kier molecular flexibility index (Phi) is 6.80. The number of rotatable bonds is 5. The smallest absolute Gasteiger partial charge is 0.173 e. The number of anilines is 1. The lowest BCUT2D eigenvalue weighted by Crippen LogP contribution is -2.49. The number of thiocarbonyl (C=S) groups is 1. The van der Waals surface area contributed by atoms with Crippen LogP contribution in [0.1, 0.15) is 37.3 Å². The second-order valence-electron chi connectivity index (χ2n) is 7.25. The highest BCUT2D eigenvalue weighted by Crippen LogP contribution is 2.21. The third-order valence-electron chi connectivity index (χ3n) is 5.30. The molecule has 1 N–H and O–H groups in total. The summed E-state index contributed by atoms with van der Waals surface area (Å²) in [7, 11) is 0. The normalized spacial score (nSPS) is 16.2. The predicted molar refractivity (Wildman–Crippen MR) is 115 cm³/mol. The van der Waals surface area contributed by atoms with E-state index in [-0.39, 0.29) is 5.82 Å². The van der Waals surface area contributed by atoms with E-state index >= 15 is 0 Å². The van der Waals surface area contributed by atoms with Crippen LogP contribution in [-0.4, -0.2) is 41.1 Å². The van der Waals surface area contributed by atoms with Crippen LogP contribution >= 0.6 is 12.2 Å². The molecule has 1 unspecified atom stereocenters. The minimum absolute atomic E-state index is 0.170. The van der Waals surface area contributed by atoms with Gasteiger partial charge in [0.2, 0.25) is 0 Å². The van der Waals surface area contributed by atoms with Gasteiger partial charge in [0.15, 0.2) is 5.11 Å². The molecule has 3 nitrogen and oxygen atoms in total. The lowest BCUT2D eigenvalue weighted by Gasteiger charge is -2.36. The highest BCUT2D eigenvalue weighted by atomic mass is 32.1. The largest absolute Gasteiger partial charge is 0.346 e. The van der Waals surface area contributed by atoms with Crippen LogP contribution in [0, 0.1) is 5.82 Å². The zero-order valence-corrected chi connectivity index (χ0v) is 16.9. The molecule has 3 rings (SSSR count). The van der Waals surface area contributed by atoms with E-state index in [9.17, 15) is 4.39 Å². The van der Waals surface area contributed by atoms with Gasteiger partial charge in [-0.1, -0.05) is 38.1 Å². The molecule has 2 aromatic rings. The van der Waals surface area contributed by atoms with Gasteiger partial charge in [-0.15, -0.1) is 0 Å². The van der Waals surface area contributed by atoms with Crippen molar-refractivity contribution in [2.45, 2.75) is 32.7 Å². The molecule has 0 aliphatic carbocycles. The maximum atomic E-state index is 13.3. The summed E-state index contributed by atoms with van der Waals surface area (Å²) < 4.78 is 13.3. The van der Waals surface area contributed by atoms with Gasteiger partial charge in [-0.25, -0.2) is 4.39 Å². The van der Waals surface area contributed by atoms with Gasteiger partial charge in [0.05, 0.1) is 0 Å². The van der Waals surface area contributed by atoms with Crippen molar-refractivity contribution in [1.29, 1.82) is 0 Å². The van der Waals surface area contributed by atoms with Gasteiger partial charge in [-0.3, -0.25) is 4.90 Å². The van der Waals surface area contributed by atoms with Gasteiger partial charge >= 0.3 is 0 Å². The molecule has 0 bridgehead atoms. The topological polar surface area (TPSA) is 18.5 Å². The van der Waals surface area contributed by atoms with Gasteiger partial charge in [0.25, 0.3) is 0 Å². The molecule has 144 valence electrons. The molecule has 0 aromatic heterocycles. The van der Waals surface area contributed by atoms with Crippen LogP contribution in [0.25, 0.3) is 0 Å². The van der Waals surface area contributed by atoms with E-state index in [0.29, 0.717) is 5.92 Å². The van der Waals surface area contributed by atoms with Crippen LogP contribution in [0.3, 0.4) is 0 Å². The van der Waals surface area contributed by atoms with Gasteiger partial charge in [-0.05, 0) is 59.9 Å². The van der Waals surface area contributed by atoms with E-state index in [1.54, 1.807) is 12.1 Å². The first-order chi connectivity index (χ1) is 13.0. The maximum absolute atomic E-state index is 13.3. The number of hydrogen-bond acceptors (Lipinski definition) is 2. The zero-order valence-electron chi connectivity index (χ0n) is 16.1. The first-order valence-corrected chi connectivity index (χ1v) is 10.1. The standard InChI is InChI=1S/C22H28FN3S/c1-3-17(2)19-7-9-21(10-8-19)24-22(27)26-13-11-25(12-14-26)16-18-5-4-6-20(23)15-18/h4-10,15,17H,3,11-14,16H2,1-2H3,(H,24,27). The highest BCUT2D eigenvalue weighted by molar-refractivity contribution is 7.80. The average molecular weight is 386 g/mol. The zero-order chi connectivity index (χ0) is 19.2. The van der Waals surface area contributed by atoms with Crippen LogP contribution < -0.4 is 5.32 Å². The summed E-state index contributed by atoms with van der Waals surface area (Å²) in [5.74, 6) is 0.410. The Bertz CT molecular complexity index is 754. The summed E-state index contributed by atoms with van der Waals surface area (Å²) in [6.45, 7) is 8.84. The molecule has 0 amide bonds. The van der Waals surface area contributed by atoms with Gasteiger partial charge in [0.1, 0.15) is 5.82 Å². The fourth-order valence-electron chi connectivity index (χ4n) is 3.34. The van der Waals surface area contributed by atoms with Crippen molar-refractivity contribution in [3.8, 4) is 0 Å². The van der Waals surface area contributed by atoms with E-state index in [1.165, 1.54) is 11.6 Å². The highest BCUT2D eigenvalue weighted by Gasteiger charge is 2.19. The Morgan fingerprint density at radius 3 is 2.44 bits per heavy atom. The van der Waals surface area contributed by atoms with E-state index in [4.69, 9.17) is 12.2 Å². The molecule has 0 saturated carbocycles. The Hall–Kier alpha value is -1.98. The van der Waals surface area contributed by atoms with E-state index in [1.807, 2.05) is 6.07 Å². The Morgan fingerprint density at radius 2 is 1.81 bits per heavy atom. The first kappa shape index (κ1) is 19.8.